The second kappa shape index (κ2) is 9.74. The number of hydrogen-bond acceptors (Lipinski definition) is 9. The number of allylic oxidation sites excluding steroid dienone is 1. The quantitative estimate of drug-likeness (QED) is 0.305. The molecule has 0 aliphatic heterocycles. The lowest BCUT2D eigenvalue weighted by Gasteiger charge is -2.53. The Balaban J connectivity index is 1.91. The molecule has 3 aliphatic rings. The van der Waals surface area contributed by atoms with Crippen LogP contribution in [0.15, 0.2) is 23.5 Å². The number of benzene rings is 1. The number of primary amides is 1. The highest BCUT2D eigenvalue weighted by Crippen LogP contribution is 2.53. The molecule has 0 spiro atoms. The van der Waals surface area contributed by atoms with Gasteiger partial charge in [-0.25, -0.2) is 0 Å². The second-order valence-electron chi connectivity index (χ2n) is 10.8. The van der Waals surface area contributed by atoms with Gasteiger partial charge >= 0.3 is 0 Å². The molecule has 0 heterocycles. The Morgan fingerprint density at radius 3 is 2.46 bits per heavy atom. The van der Waals surface area contributed by atoms with Crippen molar-refractivity contribution in [2.45, 2.75) is 50.4 Å². The highest BCUT2D eigenvalue weighted by atomic mass is 16.5. The van der Waals surface area contributed by atoms with Gasteiger partial charge in [0.1, 0.15) is 17.4 Å². The molecule has 0 bridgehead atoms. The molecule has 202 valence electrons. The predicted octanol–water partition coefficient (Wildman–Crippen LogP) is 0.825. The van der Waals surface area contributed by atoms with Gasteiger partial charge in [-0.1, -0.05) is 13.3 Å². The van der Waals surface area contributed by atoms with Gasteiger partial charge in [0.25, 0.3) is 0 Å². The van der Waals surface area contributed by atoms with Crippen molar-refractivity contribution in [1.29, 1.82) is 0 Å². The second-order valence-corrected chi connectivity index (χ2v) is 10.8. The van der Waals surface area contributed by atoms with Gasteiger partial charge in [-0.05, 0) is 57.0 Å². The number of aliphatic hydroxyl groups excluding tert-OH is 2. The van der Waals surface area contributed by atoms with Gasteiger partial charge in [0.15, 0.2) is 17.2 Å². The number of hydrogen-bond donors (Lipinski definition) is 4. The van der Waals surface area contributed by atoms with E-state index < -0.39 is 58.7 Å². The fourth-order valence-corrected chi connectivity index (χ4v) is 6.44. The highest BCUT2D eigenvalue weighted by molar-refractivity contribution is 6.16. The van der Waals surface area contributed by atoms with E-state index in [9.17, 15) is 29.7 Å². The van der Waals surface area contributed by atoms with Crippen LogP contribution in [0.3, 0.4) is 0 Å². The summed E-state index contributed by atoms with van der Waals surface area (Å²) in [4.78, 5) is 43.2. The summed E-state index contributed by atoms with van der Waals surface area (Å²) < 4.78 is 5.96. The average molecular weight is 516 g/mol. The van der Waals surface area contributed by atoms with Gasteiger partial charge in [-0.2, -0.15) is 0 Å². The monoisotopic (exact) mass is 515 g/mol. The van der Waals surface area contributed by atoms with E-state index >= 15 is 0 Å². The number of rotatable bonds is 7. The summed E-state index contributed by atoms with van der Waals surface area (Å²) in [6.07, 6.45) is 0.757. The molecular formula is C27H37N3O7. The Kier molecular flexibility index (Phi) is 7.13. The number of fused-ring (bicyclic) bond motifs is 3. The molecule has 6 atom stereocenters. The molecule has 5 N–H and O–H groups in total. The van der Waals surface area contributed by atoms with Crippen LogP contribution in [-0.4, -0.2) is 90.2 Å². The van der Waals surface area contributed by atoms with Gasteiger partial charge in [0.2, 0.25) is 5.91 Å². The summed E-state index contributed by atoms with van der Waals surface area (Å²) in [5.74, 6) is -6.27. The number of ketones is 2. The first kappa shape index (κ1) is 27.1. The Bertz CT molecular complexity index is 1160. The molecule has 37 heavy (non-hydrogen) atoms. The zero-order valence-electron chi connectivity index (χ0n) is 22.0. The molecule has 2 unspecified atom stereocenters. The van der Waals surface area contributed by atoms with Crippen LogP contribution in [-0.2, 0) is 16.0 Å². The molecule has 1 fully saturated rings. The standard InChI is InChI=1S/C27H37N3O7/c1-6-7-10-37-17-9-8-16(29(2)3)14-11-13-12-15-21(30(4)5)23(32)20(26(28)35)25(34)27(15,36)24(33)18(13)22(31)19(14)17/h8-9,13,15,20-21,23,32-33,36H,6-7,10-12H2,1-5H3,(H2,28,35)/t13-,15-,20?,21-,23?,27-/m0/s1. The Hall–Kier alpha value is -2.95. The number of anilines is 1. The maximum atomic E-state index is 14.0. The van der Waals surface area contributed by atoms with Crippen LogP contribution in [0.25, 0.3) is 0 Å². The highest BCUT2D eigenvalue weighted by Gasteiger charge is 2.66. The van der Waals surface area contributed by atoms with E-state index in [1.165, 1.54) is 0 Å². The molecule has 0 radical (unpaired) electrons. The minimum atomic E-state index is -2.53. The van der Waals surface area contributed by atoms with E-state index in [2.05, 4.69) is 0 Å². The lowest BCUT2D eigenvalue weighted by Crippen LogP contribution is -2.71. The smallest absolute Gasteiger partial charge is 0.230 e. The molecule has 1 aromatic carbocycles. The van der Waals surface area contributed by atoms with Crippen molar-refractivity contribution in [1.82, 2.24) is 4.90 Å². The van der Waals surface area contributed by atoms with Gasteiger partial charge in [-0.3, -0.25) is 14.4 Å². The van der Waals surface area contributed by atoms with Crippen LogP contribution in [0.4, 0.5) is 5.69 Å². The summed E-state index contributed by atoms with van der Waals surface area (Å²) in [6, 6.07) is 2.76. The summed E-state index contributed by atoms with van der Waals surface area (Å²) in [6.45, 7) is 2.45. The molecule has 10 heteroatoms. The minimum absolute atomic E-state index is 0.0482. The number of nitrogens with zero attached hydrogens (tertiary/aromatic N) is 2. The molecule has 1 saturated carbocycles. The maximum Gasteiger partial charge on any atom is 0.230 e. The fourth-order valence-electron chi connectivity index (χ4n) is 6.44. The maximum absolute atomic E-state index is 14.0. The van der Waals surface area contributed by atoms with E-state index in [4.69, 9.17) is 10.5 Å². The molecule has 0 saturated heterocycles. The van der Waals surface area contributed by atoms with Crippen molar-refractivity contribution in [2.75, 3.05) is 39.7 Å². The van der Waals surface area contributed by atoms with Crippen molar-refractivity contribution in [3.8, 4) is 5.75 Å². The van der Waals surface area contributed by atoms with E-state index in [-0.39, 0.29) is 12.0 Å². The van der Waals surface area contributed by atoms with E-state index in [0.717, 1.165) is 24.1 Å². The molecule has 1 aromatic rings. The first-order valence-electron chi connectivity index (χ1n) is 12.7. The topological polar surface area (TPSA) is 154 Å². The predicted molar refractivity (Wildman–Crippen MR) is 137 cm³/mol. The number of Topliss-reactive ketones (excluding diaryl/α,β-unsaturated/α-hetero) is 2. The number of aliphatic hydroxyl groups is 3. The number of carbonyl (C=O) groups excluding carboxylic acids is 3. The molecule has 1 amide bonds. The summed E-state index contributed by atoms with van der Waals surface area (Å²) in [7, 11) is 7.07. The molecule has 10 nitrogen and oxygen atoms in total. The third kappa shape index (κ3) is 4.02. The zero-order valence-corrected chi connectivity index (χ0v) is 22.0. The first-order chi connectivity index (χ1) is 17.4. The van der Waals surface area contributed by atoms with Crippen molar-refractivity contribution in [3.63, 3.8) is 0 Å². The van der Waals surface area contributed by atoms with Crippen LogP contribution >= 0.6 is 0 Å². The van der Waals surface area contributed by atoms with Gasteiger partial charge in [0, 0.05) is 37.3 Å². The van der Waals surface area contributed by atoms with E-state index in [1.807, 2.05) is 32.0 Å². The van der Waals surface area contributed by atoms with Crippen molar-refractivity contribution >= 4 is 23.2 Å². The summed E-state index contributed by atoms with van der Waals surface area (Å²) >= 11 is 0. The van der Waals surface area contributed by atoms with Crippen molar-refractivity contribution in [3.05, 3.63) is 34.6 Å². The number of nitrogens with two attached hydrogens (primary N) is 1. The summed E-state index contributed by atoms with van der Waals surface area (Å²) in [5, 5.41) is 34.2. The SMILES string of the molecule is CCCCOc1ccc(N(C)C)c2c1C(=O)C1=C(O)[C@]3(O)C(=O)C(C(N)=O)C(O)[C@@H](N(C)C)[C@@H]3C[C@@H]1C2. The number of carbonyl (C=O) groups is 3. The van der Waals surface area contributed by atoms with Crippen LogP contribution in [0, 0.1) is 17.8 Å². The van der Waals surface area contributed by atoms with Crippen LogP contribution in [0.1, 0.15) is 42.1 Å². The molecule has 0 aromatic heterocycles. The number of amides is 1. The average Bonchev–Trinajstić information content (AvgIpc) is 2.81. The van der Waals surface area contributed by atoms with Crippen LogP contribution < -0.4 is 15.4 Å². The fraction of sp³-hybridized carbons (Fsp3) is 0.593. The van der Waals surface area contributed by atoms with Crippen LogP contribution in [0.5, 0.6) is 5.75 Å². The van der Waals surface area contributed by atoms with Crippen molar-refractivity contribution in [2.24, 2.45) is 23.5 Å². The Morgan fingerprint density at radius 1 is 1.22 bits per heavy atom. The Morgan fingerprint density at radius 2 is 1.89 bits per heavy atom. The van der Waals surface area contributed by atoms with Gasteiger partial charge in [-0.15, -0.1) is 0 Å². The molecule has 3 aliphatic carbocycles. The third-order valence-electron chi connectivity index (χ3n) is 8.17. The first-order valence-corrected chi connectivity index (χ1v) is 12.7. The lowest BCUT2D eigenvalue weighted by molar-refractivity contribution is -0.178. The number of ether oxygens (including phenoxy) is 1. The van der Waals surface area contributed by atoms with Gasteiger partial charge in [0.05, 0.1) is 18.3 Å². The summed E-state index contributed by atoms with van der Waals surface area (Å²) in [5.41, 5.74) is 4.78. The zero-order chi connectivity index (χ0) is 27.4. The molecule has 4 rings (SSSR count). The van der Waals surface area contributed by atoms with Gasteiger partial charge < -0.3 is 35.6 Å². The third-order valence-corrected chi connectivity index (χ3v) is 8.17. The van der Waals surface area contributed by atoms with Crippen molar-refractivity contribution < 1.29 is 34.4 Å². The number of likely N-dealkylation sites (N-methyl/N-ethyl adjacent to an activating group) is 1. The largest absolute Gasteiger partial charge is 0.508 e. The lowest BCUT2D eigenvalue weighted by atomic mass is 9.56. The van der Waals surface area contributed by atoms with E-state index in [1.54, 1.807) is 25.1 Å². The normalized spacial score (nSPS) is 31.1. The number of unbranched alkanes of at least 4 members (excludes halogenated alkanes) is 1. The van der Waals surface area contributed by atoms with E-state index in [0.29, 0.717) is 24.3 Å². The van der Waals surface area contributed by atoms with Crippen LogP contribution in [0.2, 0.25) is 0 Å². The minimum Gasteiger partial charge on any atom is -0.508 e. The Labute approximate surface area is 216 Å². The molecular weight excluding hydrogens is 478 g/mol.